The van der Waals surface area contributed by atoms with E-state index in [0.717, 1.165) is 0 Å². The van der Waals surface area contributed by atoms with E-state index >= 15 is 0 Å². The van der Waals surface area contributed by atoms with Gasteiger partial charge in [-0.1, -0.05) is 18.2 Å². The molecule has 1 saturated heterocycles. The Balaban J connectivity index is 1.85. The Hall–Kier alpha value is -2.64. The first-order valence-electron chi connectivity index (χ1n) is 9.10. The van der Waals surface area contributed by atoms with Crippen LogP contribution in [0.4, 0.5) is 9.18 Å². The summed E-state index contributed by atoms with van der Waals surface area (Å²) in [6.45, 7) is 5.28. The van der Waals surface area contributed by atoms with Gasteiger partial charge in [0, 0.05) is 39.6 Å². The maximum atomic E-state index is 13.7. The smallest absolute Gasteiger partial charge is 0.409 e. The molecule has 0 aromatic heterocycles. The number of nitrogens with zero attached hydrogens (tertiary/aromatic N) is 3. The van der Waals surface area contributed by atoms with Crippen LogP contribution in [0.1, 0.15) is 19.4 Å². The summed E-state index contributed by atoms with van der Waals surface area (Å²) in [6, 6.07) is 6.40. The quantitative estimate of drug-likeness (QED) is 0.751. The molecule has 27 heavy (non-hydrogen) atoms. The van der Waals surface area contributed by atoms with Crippen LogP contribution < -0.4 is 0 Å². The number of carbonyl (C=O) groups excluding carboxylic acids is 3. The van der Waals surface area contributed by atoms with Gasteiger partial charge in [0.25, 0.3) is 0 Å². The highest BCUT2D eigenvalue weighted by molar-refractivity contribution is 5.84. The van der Waals surface area contributed by atoms with E-state index in [2.05, 4.69) is 0 Å². The molecule has 0 bridgehead atoms. The van der Waals surface area contributed by atoms with E-state index < -0.39 is 0 Å². The third-order valence-corrected chi connectivity index (χ3v) is 4.54. The highest BCUT2D eigenvalue weighted by Gasteiger charge is 2.26. The predicted molar refractivity (Wildman–Crippen MR) is 97.5 cm³/mol. The lowest BCUT2D eigenvalue weighted by Gasteiger charge is -2.35. The number of hydrogen-bond donors (Lipinski definition) is 0. The van der Waals surface area contributed by atoms with E-state index in [0.29, 0.717) is 44.8 Å². The third kappa shape index (κ3) is 5.94. The molecule has 0 aliphatic carbocycles. The van der Waals surface area contributed by atoms with Crippen LogP contribution in [0, 0.1) is 5.82 Å². The Morgan fingerprint density at radius 1 is 1.11 bits per heavy atom. The number of ether oxygens (including phenoxy) is 1. The molecule has 0 spiro atoms. The normalized spacial score (nSPS) is 14.0. The maximum absolute atomic E-state index is 13.7. The second kappa shape index (κ2) is 9.89. The third-order valence-electron chi connectivity index (χ3n) is 4.54. The van der Waals surface area contributed by atoms with Gasteiger partial charge in [-0.05, 0) is 25.0 Å². The number of amides is 3. The zero-order chi connectivity index (χ0) is 19.8. The van der Waals surface area contributed by atoms with Crippen LogP contribution in [0.25, 0.3) is 0 Å². The van der Waals surface area contributed by atoms with E-state index in [1.165, 1.54) is 17.9 Å². The number of benzene rings is 1. The van der Waals surface area contributed by atoms with Gasteiger partial charge in [-0.2, -0.15) is 0 Å². The monoisotopic (exact) mass is 379 g/mol. The maximum Gasteiger partial charge on any atom is 0.409 e. The van der Waals surface area contributed by atoms with E-state index in [-0.39, 0.29) is 36.8 Å². The van der Waals surface area contributed by atoms with Crippen molar-refractivity contribution in [3.05, 3.63) is 35.6 Å². The van der Waals surface area contributed by atoms with Crippen molar-refractivity contribution in [2.24, 2.45) is 0 Å². The standard InChI is InChI=1S/C19H26FN3O4/c1-3-27-19(26)22-12-10-21(11-13-22)18(25)14-23(15(2)24)9-8-16-6-4-5-7-17(16)20/h4-7H,3,8-14H2,1-2H3. The van der Waals surface area contributed by atoms with Crippen LogP contribution >= 0.6 is 0 Å². The zero-order valence-corrected chi connectivity index (χ0v) is 15.8. The van der Waals surface area contributed by atoms with Gasteiger partial charge in [-0.25, -0.2) is 9.18 Å². The van der Waals surface area contributed by atoms with E-state index in [1.54, 1.807) is 34.9 Å². The zero-order valence-electron chi connectivity index (χ0n) is 15.8. The molecule has 1 fully saturated rings. The summed E-state index contributed by atoms with van der Waals surface area (Å²) in [6.07, 6.45) is -0.0317. The van der Waals surface area contributed by atoms with Gasteiger partial charge in [0.2, 0.25) is 11.8 Å². The van der Waals surface area contributed by atoms with Crippen molar-refractivity contribution in [3.63, 3.8) is 0 Å². The molecule has 2 rings (SSSR count). The molecule has 0 saturated carbocycles. The minimum Gasteiger partial charge on any atom is -0.450 e. The molecule has 8 heteroatoms. The van der Waals surface area contributed by atoms with Crippen molar-refractivity contribution < 1.29 is 23.5 Å². The lowest BCUT2D eigenvalue weighted by molar-refractivity contribution is -0.140. The fourth-order valence-corrected chi connectivity index (χ4v) is 2.92. The van der Waals surface area contributed by atoms with Crippen molar-refractivity contribution in [1.29, 1.82) is 0 Å². The second-order valence-corrected chi connectivity index (χ2v) is 6.35. The Bertz CT molecular complexity index is 675. The fraction of sp³-hybridized carbons (Fsp3) is 0.526. The van der Waals surface area contributed by atoms with Crippen LogP contribution in [-0.2, 0) is 20.7 Å². The molecular formula is C19H26FN3O4. The van der Waals surface area contributed by atoms with Crippen LogP contribution in [0.3, 0.4) is 0 Å². The topological polar surface area (TPSA) is 70.2 Å². The van der Waals surface area contributed by atoms with Gasteiger partial charge in [0.1, 0.15) is 5.82 Å². The highest BCUT2D eigenvalue weighted by Crippen LogP contribution is 2.09. The van der Waals surface area contributed by atoms with Crippen molar-refractivity contribution >= 4 is 17.9 Å². The first-order chi connectivity index (χ1) is 12.9. The molecular weight excluding hydrogens is 353 g/mol. The minimum atomic E-state index is -0.375. The Morgan fingerprint density at radius 3 is 2.33 bits per heavy atom. The number of carbonyl (C=O) groups is 3. The molecule has 1 aliphatic rings. The summed E-state index contributed by atoms with van der Waals surface area (Å²) < 4.78 is 18.7. The molecule has 3 amide bonds. The molecule has 1 heterocycles. The van der Waals surface area contributed by atoms with E-state index in [1.807, 2.05) is 0 Å². The lowest BCUT2D eigenvalue weighted by atomic mass is 10.1. The van der Waals surface area contributed by atoms with Crippen LogP contribution in [0.15, 0.2) is 24.3 Å². The van der Waals surface area contributed by atoms with Crippen molar-refractivity contribution in [2.45, 2.75) is 20.3 Å². The molecule has 0 atom stereocenters. The first kappa shape index (κ1) is 20.7. The fourth-order valence-electron chi connectivity index (χ4n) is 2.92. The van der Waals surface area contributed by atoms with Gasteiger partial charge in [0.05, 0.1) is 13.2 Å². The molecule has 1 aliphatic heterocycles. The molecule has 1 aromatic carbocycles. The largest absolute Gasteiger partial charge is 0.450 e. The molecule has 0 unspecified atom stereocenters. The SMILES string of the molecule is CCOC(=O)N1CCN(C(=O)CN(CCc2ccccc2F)C(C)=O)CC1. The van der Waals surface area contributed by atoms with Gasteiger partial charge in [0.15, 0.2) is 0 Å². The Kier molecular flexibility index (Phi) is 7.57. The van der Waals surface area contributed by atoms with Gasteiger partial charge < -0.3 is 19.4 Å². The van der Waals surface area contributed by atoms with E-state index in [4.69, 9.17) is 4.74 Å². The average molecular weight is 379 g/mol. The lowest BCUT2D eigenvalue weighted by Crippen LogP contribution is -2.53. The van der Waals surface area contributed by atoms with Gasteiger partial charge in [-0.3, -0.25) is 9.59 Å². The summed E-state index contributed by atoms with van der Waals surface area (Å²) >= 11 is 0. The van der Waals surface area contributed by atoms with Crippen molar-refractivity contribution in [3.8, 4) is 0 Å². The summed E-state index contributed by atoms with van der Waals surface area (Å²) in [5, 5.41) is 0. The molecule has 0 N–H and O–H groups in total. The number of halogens is 1. The summed E-state index contributed by atoms with van der Waals surface area (Å²) in [5.41, 5.74) is 0.513. The van der Waals surface area contributed by atoms with Crippen LogP contribution in [0.2, 0.25) is 0 Å². The van der Waals surface area contributed by atoms with Crippen LogP contribution in [-0.4, -0.2) is 78.5 Å². The van der Waals surface area contributed by atoms with Gasteiger partial charge >= 0.3 is 6.09 Å². The number of piperazine rings is 1. The number of rotatable bonds is 6. The summed E-state index contributed by atoms with van der Waals surface area (Å²) in [7, 11) is 0. The molecule has 1 aromatic rings. The van der Waals surface area contributed by atoms with Gasteiger partial charge in [-0.15, -0.1) is 0 Å². The summed E-state index contributed by atoms with van der Waals surface area (Å²) in [5.74, 6) is -0.727. The highest BCUT2D eigenvalue weighted by atomic mass is 19.1. The summed E-state index contributed by atoms with van der Waals surface area (Å²) in [4.78, 5) is 40.7. The molecule has 148 valence electrons. The second-order valence-electron chi connectivity index (χ2n) is 6.35. The molecule has 7 nitrogen and oxygen atoms in total. The minimum absolute atomic E-state index is 0.0524. The predicted octanol–water partition coefficient (Wildman–Crippen LogP) is 1.52. The number of hydrogen-bond acceptors (Lipinski definition) is 4. The Morgan fingerprint density at radius 2 is 1.74 bits per heavy atom. The van der Waals surface area contributed by atoms with Crippen molar-refractivity contribution in [1.82, 2.24) is 14.7 Å². The van der Waals surface area contributed by atoms with E-state index in [9.17, 15) is 18.8 Å². The Labute approximate surface area is 158 Å². The van der Waals surface area contributed by atoms with Crippen molar-refractivity contribution in [2.75, 3.05) is 45.9 Å². The van der Waals surface area contributed by atoms with Crippen LogP contribution in [0.5, 0.6) is 0 Å². The molecule has 0 radical (unpaired) electrons. The average Bonchev–Trinajstić information content (AvgIpc) is 2.66. The first-order valence-corrected chi connectivity index (χ1v) is 9.10.